The van der Waals surface area contributed by atoms with E-state index >= 15 is 0 Å². The standard InChI is InChI=1S/C9H16O2.2Na.H2O3S/c1-3-4-5-6-9(11)8(2)7-10;;;1-4(2)3/h7-8H,3-6H2,1-2H3;;;(H2,1,2,3)/q;2*+1;/p-2. The van der Waals surface area contributed by atoms with Crippen molar-refractivity contribution in [3.05, 3.63) is 0 Å². The van der Waals surface area contributed by atoms with Crippen LogP contribution >= 0.6 is 0 Å². The number of ketones is 1. The second-order valence-electron chi connectivity index (χ2n) is 3.05. The molecule has 0 saturated carbocycles. The minimum Gasteiger partial charge on any atom is -0.784 e. The van der Waals surface area contributed by atoms with Crippen LogP contribution in [0.1, 0.15) is 39.5 Å². The minimum absolute atomic E-state index is 0. The molecule has 0 rings (SSSR count). The van der Waals surface area contributed by atoms with Crippen LogP contribution in [0.2, 0.25) is 0 Å². The summed E-state index contributed by atoms with van der Waals surface area (Å²) in [5, 5.41) is 0. The summed E-state index contributed by atoms with van der Waals surface area (Å²) in [5.74, 6) is -0.319. The first-order chi connectivity index (χ1) is 6.95. The zero-order valence-corrected chi connectivity index (χ0v) is 15.7. The molecule has 0 fully saturated rings. The quantitative estimate of drug-likeness (QED) is 0.160. The van der Waals surface area contributed by atoms with E-state index in [-0.39, 0.29) is 64.9 Å². The maximum absolute atomic E-state index is 11.0. The monoisotopic (exact) mass is 282 g/mol. The Morgan fingerprint density at radius 3 is 2.00 bits per heavy atom. The van der Waals surface area contributed by atoms with Crippen LogP contribution in [-0.4, -0.2) is 25.4 Å². The Kier molecular flexibility index (Phi) is 31.2. The van der Waals surface area contributed by atoms with E-state index < -0.39 is 17.3 Å². The number of hydrogen-bond donors (Lipinski definition) is 0. The summed E-state index contributed by atoms with van der Waals surface area (Å²) < 4.78 is 25.3. The summed E-state index contributed by atoms with van der Waals surface area (Å²) >= 11 is -3.11. The van der Waals surface area contributed by atoms with Crippen LogP contribution in [-0.2, 0) is 21.0 Å². The fourth-order valence-corrected chi connectivity index (χ4v) is 0.853. The molecule has 0 heterocycles. The number of carbonyl (C=O) groups excluding carboxylic acids is 2. The van der Waals surface area contributed by atoms with Crippen molar-refractivity contribution in [2.45, 2.75) is 39.5 Å². The van der Waals surface area contributed by atoms with Gasteiger partial charge in [0.2, 0.25) is 0 Å². The van der Waals surface area contributed by atoms with Crippen LogP contribution in [0.25, 0.3) is 0 Å². The molecule has 0 aliphatic carbocycles. The van der Waals surface area contributed by atoms with Crippen LogP contribution in [0.15, 0.2) is 0 Å². The summed E-state index contributed by atoms with van der Waals surface area (Å²) in [7, 11) is 0. The second kappa shape index (κ2) is 19.7. The van der Waals surface area contributed by atoms with Gasteiger partial charge >= 0.3 is 59.1 Å². The van der Waals surface area contributed by atoms with Crippen molar-refractivity contribution < 1.29 is 82.0 Å². The molecule has 0 amide bonds. The zero-order chi connectivity index (χ0) is 12.3. The van der Waals surface area contributed by atoms with E-state index in [9.17, 15) is 9.59 Å². The molecule has 0 saturated heterocycles. The summed E-state index contributed by atoms with van der Waals surface area (Å²) in [5.41, 5.74) is 0. The van der Waals surface area contributed by atoms with Gasteiger partial charge in [-0.05, 0) is 13.3 Å². The number of unbranched alkanes of at least 4 members (excludes halogenated alkanes) is 2. The summed E-state index contributed by atoms with van der Waals surface area (Å²) in [6.45, 7) is 3.74. The minimum atomic E-state index is -3.11. The molecular formula is C9H16Na2O5S. The van der Waals surface area contributed by atoms with Gasteiger partial charge in [0.15, 0.2) is 0 Å². The van der Waals surface area contributed by atoms with Gasteiger partial charge in [-0.25, -0.2) is 0 Å². The molecule has 0 aromatic heterocycles. The van der Waals surface area contributed by atoms with Crippen molar-refractivity contribution >= 4 is 23.4 Å². The topological polar surface area (TPSA) is 97.3 Å². The number of aldehydes is 1. The number of Topliss-reactive ketones (excluding diaryl/α,β-unsaturated/α-hetero) is 1. The van der Waals surface area contributed by atoms with Crippen LogP contribution in [0.3, 0.4) is 0 Å². The van der Waals surface area contributed by atoms with Gasteiger partial charge in [0.25, 0.3) is 0 Å². The molecular weight excluding hydrogens is 266 g/mol. The summed E-state index contributed by atoms with van der Waals surface area (Å²) in [6.07, 6.45) is 4.40. The second-order valence-corrected chi connectivity index (χ2v) is 3.46. The summed E-state index contributed by atoms with van der Waals surface area (Å²) in [6, 6.07) is 0. The molecule has 0 radical (unpaired) electrons. The molecule has 1 atom stereocenters. The van der Waals surface area contributed by atoms with E-state index in [0.717, 1.165) is 19.3 Å². The van der Waals surface area contributed by atoms with Crippen molar-refractivity contribution in [3.63, 3.8) is 0 Å². The van der Waals surface area contributed by atoms with Crippen LogP contribution in [0, 0.1) is 5.92 Å². The van der Waals surface area contributed by atoms with E-state index in [1.807, 2.05) is 0 Å². The molecule has 0 aliphatic heterocycles. The number of rotatable bonds is 6. The van der Waals surface area contributed by atoms with Crippen molar-refractivity contribution in [1.82, 2.24) is 0 Å². The van der Waals surface area contributed by atoms with Crippen molar-refractivity contribution in [1.29, 1.82) is 0 Å². The molecule has 0 aromatic carbocycles. The third-order valence-electron chi connectivity index (χ3n) is 1.74. The van der Waals surface area contributed by atoms with Crippen molar-refractivity contribution in [2.24, 2.45) is 5.92 Å². The average molecular weight is 282 g/mol. The Morgan fingerprint density at radius 1 is 1.29 bits per heavy atom. The smallest absolute Gasteiger partial charge is 0.784 e. The van der Waals surface area contributed by atoms with Gasteiger partial charge < -0.3 is 13.9 Å². The Bertz CT molecular complexity index is 210. The van der Waals surface area contributed by atoms with Gasteiger partial charge in [-0.2, -0.15) is 0 Å². The first-order valence-corrected chi connectivity index (χ1v) is 5.70. The van der Waals surface area contributed by atoms with E-state index in [1.165, 1.54) is 0 Å². The third kappa shape index (κ3) is 26.8. The molecule has 90 valence electrons. The van der Waals surface area contributed by atoms with Crippen LogP contribution < -0.4 is 59.1 Å². The Balaban J connectivity index is -0.000000123. The van der Waals surface area contributed by atoms with E-state index in [4.69, 9.17) is 13.3 Å². The SMILES string of the molecule is CCCCCC(=O)C(C)C=O.O=S([O-])[O-].[Na+].[Na+]. The fraction of sp³-hybridized carbons (Fsp3) is 0.778. The zero-order valence-electron chi connectivity index (χ0n) is 10.9. The van der Waals surface area contributed by atoms with E-state index in [0.29, 0.717) is 12.7 Å². The van der Waals surface area contributed by atoms with Gasteiger partial charge in [-0.15, -0.1) is 11.4 Å². The molecule has 17 heavy (non-hydrogen) atoms. The van der Waals surface area contributed by atoms with Gasteiger partial charge in [-0.3, -0.25) is 9.00 Å². The van der Waals surface area contributed by atoms with Gasteiger partial charge in [0, 0.05) is 6.42 Å². The first kappa shape index (κ1) is 26.9. The third-order valence-corrected chi connectivity index (χ3v) is 1.74. The molecule has 1 unspecified atom stereocenters. The number of hydrogen-bond acceptors (Lipinski definition) is 5. The molecule has 8 heteroatoms. The summed E-state index contributed by atoms with van der Waals surface area (Å²) in [4.78, 5) is 21.2. The first-order valence-electron chi connectivity index (χ1n) is 4.70. The predicted octanol–water partition coefficient (Wildman–Crippen LogP) is -5.03. The molecule has 0 aliphatic rings. The van der Waals surface area contributed by atoms with Crippen LogP contribution in [0.4, 0.5) is 0 Å². The predicted molar refractivity (Wildman–Crippen MR) is 54.1 cm³/mol. The van der Waals surface area contributed by atoms with Crippen molar-refractivity contribution in [2.75, 3.05) is 0 Å². The molecule has 0 N–H and O–H groups in total. The normalized spacial score (nSPS) is 10.2. The molecule has 5 nitrogen and oxygen atoms in total. The van der Waals surface area contributed by atoms with E-state index in [1.54, 1.807) is 6.92 Å². The van der Waals surface area contributed by atoms with Crippen LogP contribution in [0.5, 0.6) is 0 Å². The average Bonchev–Trinajstić information content (AvgIpc) is 2.16. The number of carbonyl (C=O) groups is 2. The molecule has 0 spiro atoms. The van der Waals surface area contributed by atoms with Gasteiger partial charge in [-0.1, -0.05) is 19.8 Å². The maximum atomic E-state index is 11.0. The van der Waals surface area contributed by atoms with Crippen molar-refractivity contribution in [3.8, 4) is 0 Å². The van der Waals surface area contributed by atoms with E-state index in [2.05, 4.69) is 6.92 Å². The Hall–Kier alpha value is 1.41. The Labute approximate surface area is 149 Å². The van der Waals surface area contributed by atoms with Gasteiger partial charge in [0.05, 0.1) is 5.92 Å². The fourth-order valence-electron chi connectivity index (χ4n) is 0.853. The maximum Gasteiger partial charge on any atom is 1.00 e. The van der Waals surface area contributed by atoms with Gasteiger partial charge in [0.1, 0.15) is 12.1 Å². The Morgan fingerprint density at radius 2 is 1.71 bits per heavy atom. The molecule has 0 bridgehead atoms. The molecule has 0 aromatic rings. The largest absolute Gasteiger partial charge is 1.00 e.